The quantitative estimate of drug-likeness (QED) is 0.845. The van der Waals surface area contributed by atoms with Gasteiger partial charge >= 0.3 is 6.01 Å². The molecule has 1 aliphatic heterocycles. The van der Waals surface area contributed by atoms with Crippen LogP contribution >= 0.6 is 0 Å². The van der Waals surface area contributed by atoms with Gasteiger partial charge in [0, 0.05) is 25.1 Å². The van der Waals surface area contributed by atoms with Crippen LogP contribution < -0.4 is 15.0 Å². The summed E-state index contributed by atoms with van der Waals surface area (Å²) < 4.78 is 10.5. The van der Waals surface area contributed by atoms with Crippen molar-refractivity contribution in [3.8, 4) is 6.01 Å². The van der Waals surface area contributed by atoms with Crippen molar-refractivity contribution < 1.29 is 14.1 Å². The Hall–Kier alpha value is -2.71. The SMILES string of the molecule is COc1nc(CNC(=O)c2noc3c2CCCC3)nc(N2CCCCC2)n1. The number of hydrogen-bond acceptors (Lipinski definition) is 8. The van der Waals surface area contributed by atoms with E-state index in [9.17, 15) is 4.79 Å². The fraction of sp³-hybridized carbons (Fsp3) is 0.611. The van der Waals surface area contributed by atoms with Crippen molar-refractivity contribution in [1.82, 2.24) is 25.4 Å². The Morgan fingerprint density at radius 1 is 1.11 bits per heavy atom. The zero-order valence-electron chi connectivity index (χ0n) is 15.5. The number of piperidine rings is 1. The van der Waals surface area contributed by atoms with Gasteiger partial charge in [-0.1, -0.05) is 5.16 Å². The van der Waals surface area contributed by atoms with E-state index in [1.807, 2.05) is 0 Å². The number of methoxy groups -OCH3 is 1. The van der Waals surface area contributed by atoms with Crippen LogP contribution in [0, 0.1) is 0 Å². The van der Waals surface area contributed by atoms with Gasteiger partial charge in [0.25, 0.3) is 5.91 Å². The first-order valence-electron chi connectivity index (χ1n) is 9.54. The van der Waals surface area contributed by atoms with Crippen molar-refractivity contribution in [2.75, 3.05) is 25.1 Å². The molecule has 1 fully saturated rings. The number of anilines is 1. The highest BCUT2D eigenvalue weighted by Gasteiger charge is 2.24. The molecule has 1 N–H and O–H groups in total. The van der Waals surface area contributed by atoms with Gasteiger partial charge in [-0.2, -0.15) is 15.0 Å². The molecule has 0 unspecified atom stereocenters. The summed E-state index contributed by atoms with van der Waals surface area (Å²) >= 11 is 0. The summed E-state index contributed by atoms with van der Waals surface area (Å²) in [7, 11) is 1.53. The molecule has 1 saturated heterocycles. The fourth-order valence-electron chi connectivity index (χ4n) is 3.60. The van der Waals surface area contributed by atoms with E-state index in [0.717, 1.165) is 62.9 Å². The number of aromatic nitrogens is 4. The molecule has 4 rings (SSSR count). The van der Waals surface area contributed by atoms with Crippen LogP contribution in [-0.2, 0) is 19.4 Å². The fourth-order valence-corrected chi connectivity index (χ4v) is 3.60. The Labute approximate surface area is 157 Å². The smallest absolute Gasteiger partial charge is 0.321 e. The Morgan fingerprint density at radius 3 is 2.74 bits per heavy atom. The van der Waals surface area contributed by atoms with Crippen LogP contribution in [-0.4, -0.2) is 46.2 Å². The van der Waals surface area contributed by atoms with E-state index >= 15 is 0 Å². The Bertz CT molecular complexity index is 815. The normalized spacial score (nSPS) is 16.7. The molecule has 3 heterocycles. The summed E-state index contributed by atoms with van der Waals surface area (Å²) in [5.41, 5.74) is 1.31. The van der Waals surface area contributed by atoms with Crippen LogP contribution in [0.1, 0.15) is 59.7 Å². The predicted molar refractivity (Wildman–Crippen MR) is 96.8 cm³/mol. The molecule has 2 aromatic rings. The van der Waals surface area contributed by atoms with Crippen LogP contribution in [0.4, 0.5) is 5.95 Å². The van der Waals surface area contributed by atoms with Gasteiger partial charge in [-0.05, 0) is 38.5 Å². The minimum Gasteiger partial charge on any atom is -0.467 e. The highest BCUT2D eigenvalue weighted by Crippen LogP contribution is 2.24. The molecule has 1 amide bonds. The van der Waals surface area contributed by atoms with Crippen molar-refractivity contribution in [1.29, 1.82) is 0 Å². The standard InChI is InChI=1S/C18H24N6O3/c1-26-18-21-14(20-17(22-18)24-9-5-2-6-10-24)11-19-16(25)15-12-7-3-4-8-13(12)27-23-15/h2-11H2,1H3,(H,19,25). The number of nitrogens with one attached hydrogen (secondary N) is 1. The second-order valence-electron chi connectivity index (χ2n) is 6.91. The van der Waals surface area contributed by atoms with Gasteiger partial charge in [-0.15, -0.1) is 0 Å². The van der Waals surface area contributed by atoms with Crippen LogP contribution in [0.25, 0.3) is 0 Å². The molecular weight excluding hydrogens is 348 g/mol. The maximum absolute atomic E-state index is 12.5. The zero-order valence-corrected chi connectivity index (χ0v) is 15.5. The predicted octanol–water partition coefficient (Wildman–Crippen LogP) is 1.67. The number of carbonyl (C=O) groups excluding carboxylic acids is 1. The molecule has 0 bridgehead atoms. The van der Waals surface area contributed by atoms with Crippen molar-refractivity contribution in [3.63, 3.8) is 0 Å². The van der Waals surface area contributed by atoms with Gasteiger partial charge in [0.2, 0.25) is 5.95 Å². The average Bonchev–Trinajstić information content (AvgIpc) is 3.16. The maximum atomic E-state index is 12.5. The van der Waals surface area contributed by atoms with Gasteiger partial charge < -0.3 is 19.5 Å². The lowest BCUT2D eigenvalue weighted by atomic mass is 9.96. The van der Waals surface area contributed by atoms with E-state index < -0.39 is 0 Å². The third kappa shape index (κ3) is 3.86. The lowest BCUT2D eigenvalue weighted by Crippen LogP contribution is -2.32. The van der Waals surface area contributed by atoms with E-state index in [0.29, 0.717) is 17.5 Å². The molecule has 0 atom stereocenters. The van der Waals surface area contributed by atoms with Crippen LogP contribution in [0.15, 0.2) is 4.52 Å². The molecule has 0 radical (unpaired) electrons. The first kappa shape index (κ1) is 17.7. The van der Waals surface area contributed by atoms with Crippen molar-refractivity contribution in [2.45, 2.75) is 51.5 Å². The third-order valence-corrected chi connectivity index (χ3v) is 5.04. The van der Waals surface area contributed by atoms with Gasteiger partial charge in [0.1, 0.15) is 5.76 Å². The minimum atomic E-state index is -0.263. The van der Waals surface area contributed by atoms with Gasteiger partial charge in [0.05, 0.1) is 13.7 Å². The van der Waals surface area contributed by atoms with Gasteiger partial charge in [-0.25, -0.2) is 0 Å². The van der Waals surface area contributed by atoms with Crippen LogP contribution in [0.2, 0.25) is 0 Å². The Balaban J connectivity index is 1.47. The van der Waals surface area contributed by atoms with Crippen molar-refractivity contribution in [3.05, 3.63) is 22.8 Å². The lowest BCUT2D eigenvalue weighted by Gasteiger charge is -2.26. The number of ether oxygens (including phenoxy) is 1. The minimum absolute atomic E-state index is 0.181. The number of aryl methyl sites for hydroxylation is 1. The molecule has 27 heavy (non-hydrogen) atoms. The average molecular weight is 372 g/mol. The molecule has 9 heteroatoms. The van der Waals surface area contributed by atoms with E-state index in [-0.39, 0.29) is 18.5 Å². The molecule has 9 nitrogen and oxygen atoms in total. The van der Waals surface area contributed by atoms with Crippen molar-refractivity contribution >= 4 is 11.9 Å². The zero-order chi connectivity index (χ0) is 18.6. The molecule has 0 spiro atoms. The topological polar surface area (TPSA) is 106 Å². The number of fused-ring (bicyclic) bond motifs is 1. The summed E-state index contributed by atoms with van der Waals surface area (Å²) in [4.78, 5) is 27.8. The largest absolute Gasteiger partial charge is 0.467 e. The summed E-state index contributed by atoms with van der Waals surface area (Å²) in [5, 5.41) is 6.81. The van der Waals surface area contributed by atoms with Crippen LogP contribution in [0.5, 0.6) is 6.01 Å². The number of carbonyl (C=O) groups is 1. The Kier molecular flexibility index (Phi) is 5.17. The molecule has 144 valence electrons. The molecule has 2 aliphatic rings. The molecular formula is C18H24N6O3. The second-order valence-corrected chi connectivity index (χ2v) is 6.91. The third-order valence-electron chi connectivity index (χ3n) is 5.04. The maximum Gasteiger partial charge on any atom is 0.321 e. The highest BCUT2D eigenvalue weighted by atomic mass is 16.5. The summed E-state index contributed by atoms with van der Waals surface area (Å²) in [6.07, 6.45) is 7.28. The van der Waals surface area contributed by atoms with E-state index in [1.165, 1.54) is 13.5 Å². The lowest BCUT2D eigenvalue weighted by molar-refractivity contribution is 0.0939. The van der Waals surface area contributed by atoms with E-state index in [4.69, 9.17) is 9.26 Å². The van der Waals surface area contributed by atoms with Crippen molar-refractivity contribution in [2.24, 2.45) is 0 Å². The molecule has 0 aromatic carbocycles. The molecule has 0 saturated carbocycles. The highest BCUT2D eigenvalue weighted by molar-refractivity contribution is 5.93. The summed E-state index contributed by atoms with van der Waals surface area (Å²) in [6, 6.07) is 0.258. The first-order valence-corrected chi connectivity index (χ1v) is 9.54. The molecule has 2 aromatic heterocycles. The summed E-state index contributed by atoms with van der Waals surface area (Å²) in [6.45, 7) is 2.02. The number of nitrogens with zero attached hydrogens (tertiary/aromatic N) is 5. The monoisotopic (exact) mass is 372 g/mol. The summed E-state index contributed by atoms with van der Waals surface area (Å²) in [5.74, 6) is 1.64. The van der Waals surface area contributed by atoms with Gasteiger partial charge in [-0.3, -0.25) is 4.79 Å². The number of rotatable bonds is 5. The van der Waals surface area contributed by atoms with E-state index in [2.05, 4.69) is 30.3 Å². The number of hydrogen-bond donors (Lipinski definition) is 1. The van der Waals surface area contributed by atoms with Crippen LogP contribution in [0.3, 0.4) is 0 Å². The Morgan fingerprint density at radius 2 is 1.93 bits per heavy atom. The first-order chi connectivity index (χ1) is 13.2. The number of amides is 1. The second kappa shape index (κ2) is 7.89. The van der Waals surface area contributed by atoms with E-state index in [1.54, 1.807) is 0 Å². The molecule has 1 aliphatic carbocycles. The van der Waals surface area contributed by atoms with Gasteiger partial charge in [0.15, 0.2) is 11.5 Å².